The summed E-state index contributed by atoms with van der Waals surface area (Å²) in [5.41, 5.74) is 2.53. The first kappa shape index (κ1) is 11.6. The molecule has 0 saturated heterocycles. The Morgan fingerprint density at radius 1 is 1.35 bits per heavy atom. The standard InChI is InChI=1S/C14H15NO2/c1-9-5-4-6-15-13(9)8-14(16)12-7-10(2)17-11(12)3/h4-7H,8H2,1-3H3. The van der Waals surface area contributed by atoms with Crippen LogP contribution >= 0.6 is 0 Å². The molecule has 0 atom stereocenters. The topological polar surface area (TPSA) is 43.1 Å². The molecule has 0 radical (unpaired) electrons. The summed E-state index contributed by atoms with van der Waals surface area (Å²) in [6.45, 7) is 5.62. The molecule has 0 unspecified atom stereocenters. The van der Waals surface area contributed by atoms with Crippen LogP contribution in [-0.2, 0) is 6.42 Å². The fourth-order valence-electron chi connectivity index (χ4n) is 1.86. The Balaban J connectivity index is 2.23. The highest BCUT2D eigenvalue weighted by molar-refractivity contribution is 5.98. The second kappa shape index (κ2) is 4.53. The molecule has 88 valence electrons. The van der Waals surface area contributed by atoms with Crippen molar-refractivity contribution in [1.82, 2.24) is 4.98 Å². The van der Waals surface area contributed by atoms with Crippen LogP contribution in [0, 0.1) is 20.8 Å². The smallest absolute Gasteiger partial charge is 0.172 e. The molecule has 0 aliphatic heterocycles. The zero-order valence-corrected chi connectivity index (χ0v) is 10.3. The maximum absolute atomic E-state index is 12.1. The van der Waals surface area contributed by atoms with E-state index in [1.54, 1.807) is 12.3 Å². The van der Waals surface area contributed by atoms with Gasteiger partial charge in [-0.15, -0.1) is 0 Å². The van der Waals surface area contributed by atoms with E-state index in [1.165, 1.54) is 0 Å². The van der Waals surface area contributed by atoms with E-state index in [4.69, 9.17) is 4.42 Å². The van der Waals surface area contributed by atoms with Crippen LogP contribution in [0.15, 0.2) is 28.8 Å². The second-order valence-electron chi connectivity index (χ2n) is 4.19. The van der Waals surface area contributed by atoms with Crippen LogP contribution in [0.4, 0.5) is 0 Å². The summed E-state index contributed by atoms with van der Waals surface area (Å²) >= 11 is 0. The highest BCUT2D eigenvalue weighted by atomic mass is 16.3. The van der Waals surface area contributed by atoms with Crippen molar-refractivity contribution in [3.05, 3.63) is 52.7 Å². The van der Waals surface area contributed by atoms with Crippen LogP contribution in [-0.4, -0.2) is 10.8 Å². The van der Waals surface area contributed by atoms with Crippen molar-refractivity contribution in [1.29, 1.82) is 0 Å². The first-order valence-electron chi connectivity index (χ1n) is 5.58. The predicted molar refractivity (Wildman–Crippen MR) is 65.2 cm³/mol. The van der Waals surface area contributed by atoms with Crippen molar-refractivity contribution in [3.8, 4) is 0 Å². The number of carbonyl (C=O) groups is 1. The molecule has 2 aromatic rings. The molecular weight excluding hydrogens is 214 g/mol. The van der Waals surface area contributed by atoms with Gasteiger partial charge in [0.25, 0.3) is 0 Å². The molecule has 0 aliphatic carbocycles. The summed E-state index contributed by atoms with van der Waals surface area (Å²) in [7, 11) is 0. The summed E-state index contributed by atoms with van der Waals surface area (Å²) < 4.78 is 5.36. The summed E-state index contributed by atoms with van der Waals surface area (Å²) in [4.78, 5) is 16.3. The molecular formula is C14H15NO2. The SMILES string of the molecule is Cc1cc(C(=O)Cc2ncccc2C)c(C)o1. The molecule has 17 heavy (non-hydrogen) atoms. The van der Waals surface area contributed by atoms with Crippen LogP contribution in [0.25, 0.3) is 0 Å². The number of ketones is 1. The lowest BCUT2D eigenvalue weighted by Crippen LogP contribution is -2.06. The lowest BCUT2D eigenvalue weighted by atomic mass is 10.0. The van der Waals surface area contributed by atoms with Gasteiger partial charge in [0.2, 0.25) is 0 Å². The fourth-order valence-corrected chi connectivity index (χ4v) is 1.86. The number of hydrogen-bond donors (Lipinski definition) is 0. The maximum atomic E-state index is 12.1. The van der Waals surface area contributed by atoms with Crippen molar-refractivity contribution in [3.63, 3.8) is 0 Å². The number of aryl methyl sites for hydroxylation is 3. The molecule has 0 spiro atoms. The van der Waals surface area contributed by atoms with Gasteiger partial charge in [0.05, 0.1) is 17.7 Å². The van der Waals surface area contributed by atoms with Crippen LogP contribution in [0.3, 0.4) is 0 Å². The molecule has 2 aromatic heterocycles. The Bertz CT molecular complexity index is 555. The normalized spacial score (nSPS) is 10.5. The van der Waals surface area contributed by atoms with Crippen molar-refractivity contribution in [2.45, 2.75) is 27.2 Å². The minimum atomic E-state index is 0.0566. The molecule has 0 aliphatic rings. The number of rotatable bonds is 3. The third-order valence-corrected chi connectivity index (χ3v) is 2.79. The van der Waals surface area contributed by atoms with E-state index in [9.17, 15) is 4.79 Å². The number of aromatic nitrogens is 1. The van der Waals surface area contributed by atoms with Gasteiger partial charge in [-0.25, -0.2) is 0 Å². The Morgan fingerprint density at radius 2 is 2.12 bits per heavy atom. The Morgan fingerprint density at radius 3 is 2.71 bits per heavy atom. The van der Waals surface area contributed by atoms with Crippen LogP contribution in [0.1, 0.15) is 33.1 Å². The second-order valence-corrected chi connectivity index (χ2v) is 4.19. The first-order chi connectivity index (χ1) is 8.08. The maximum Gasteiger partial charge on any atom is 0.172 e. The minimum Gasteiger partial charge on any atom is -0.466 e. The fraction of sp³-hybridized carbons (Fsp3) is 0.286. The molecule has 2 rings (SSSR count). The van der Waals surface area contributed by atoms with Gasteiger partial charge < -0.3 is 4.42 Å². The quantitative estimate of drug-likeness (QED) is 0.760. The van der Waals surface area contributed by atoms with E-state index in [1.807, 2.05) is 32.9 Å². The molecule has 0 N–H and O–H groups in total. The van der Waals surface area contributed by atoms with Gasteiger partial charge in [-0.05, 0) is 38.5 Å². The minimum absolute atomic E-state index is 0.0566. The molecule has 0 fully saturated rings. The summed E-state index contributed by atoms with van der Waals surface area (Å²) in [5, 5.41) is 0. The van der Waals surface area contributed by atoms with Gasteiger partial charge in [0, 0.05) is 6.20 Å². The molecule has 0 saturated carbocycles. The lowest BCUT2D eigenvalue weighted by Gasteiger charge is -2.02. The molecule has 0 bridgehead atoms. The number of hydrogen-bond acceptors (Lipinski definition) is 3. The van der Waals surface area contributed by atoms with E-state index >= 15 is 0 Å². The molecule has 0 amide bonds. The molecule has 2 heterocycles. The van der Waals surface area contributed by atoms with Crippen molar-refractivity contribution in [2.24, 2.45) is 0 Å². The van der Waals surface area contributed by atoms with Crippen molar-refractivity contribution in [2.75, 3.05) is 0 Å². The van der Waals surface area contributed by atoms with Crippen molar-refractivity contribution < 1.29 is 9.21 Å². The third kappa shape index (κ3) is 2.44. The highest BCUT2D eigenvalue weighted by Gasteiger charge is 2.15. The van der Waals surface area contributed by atoms with E-state index in [-0.39, 0.29) is 5.78 Å². The lowest BCUT2D eigenvalue weighted by molar-refractivity contribution is 0.0990. The van der Waals surface area contributed by atoms with Crippen molar-refractivity contribution >= 4 is 5.78 Å². The van der Waals surface area contributed by atoms with E-state index in [2.05, 4.69) is 4.98 Å². The number of furan rings is 1. The Labute approximate surface area is 100 Å². The van der Waals surface area contributed by atoms with Gasteiger partial charge in [-0.1, -0.05) is 6.07 Å². The number of Topliss-reactive ketones (excluding diaryl/α,β-unsaturated/α-hetero) is 1. The van der Waals surface area contributed by atoms with Crippen LogP contribution in [0.2, 0.25) is 0 Å². The number of pyridine rings is 1. The Hall–Kier alpha value is -1.90. The van der Waals surface area contributed by atoms with Gasteiger partial charge in [-0.3, -0.25) is 9.78 Å². The monoisotopic (exact) mass is 229 g/mol. The zero-order valence-electron chi connectivity index (χ0n) is 10.3. The van der Waals surface area contributed by atoms with Gasteiger partial charge >= 0.3 is 0 Å². The molecule has 0 aromatic carbocycles. The number of nitrogens with zero attached hydrogens (tertiary/aromatic N) is 1. The highest BCUT2D eigenvalue weighted by Crippen LogP contribution is 2.16. The van der Waals surface area contributed by atoms with Gasteiger partial charge in [0.1, 0.15) is 11.5 Å². The van der Waals surface area contributed by atoms with Crippen LogP contribution in [0.5, 0.6) is 0 Å². The average Bonchev–Trinajstić information content (AvgIpc) is 2.61. The van der Waals surface area contributed by atoms with E-state index < -0.39 is 0 Å². The average molecular weight is 229 g/mol. The van der Waals surface area contributed by atoms with Gasteiger partial charge in [-0.2, -0.15) is 0 Å². The molecule has 3 nitrogen and oxygen atoms in total. The summed E-state index contributed by atoms with van der Waals surface area (Å²) in [6, 6.07) is 5.62. The summed E-state index contributed by atoms with van der Waals surface area (Å²) in [5.74, 6) is 1.51. The first-order valence-corrected chi connectivity index (χ1v) is 5.58. The molecule has 3 heteroatoms. The third-order valence-electron chi connectivity index (χ3n) is 2.79. The largest absolute Gasteiger partial charge is 0.466 e. The Kier molecular flexibility index (Phi) is 3.09. The number of carbonyl (C=O) groups excluding carboxylic acids is 1. The van der Waals surface area contributed by atoms with Crippen LogP contribution < -0.4 is 0 Å². The van der Waals surface area contributed by atoms with Gasteiger partial charge in [0.15, 0.2) is 5.78 Å². The summed E-state index contributed by atoms with van der Waals surface area (Å²) in [6.07, 6.45) is 2.04. The van der Waals surface area contributed by atoms with E-state index in [0.29, 0.717) is 17.7 Å². The zero-order chi connectivity index (χ0) is 12.4. The predicted octanol–water partition coefficient (Wildman–Crippen LogP) is 3.03. The van der Waals surface area contributed by atoms with E-state index in [0.717, 1.165) is 17.0 Å².